The molecule has 206 valence electrons. The quantitative estimate of drug-likeness (QED) is 0.370. The van der Waals surface area contributed by atoms with Crippen LogP contribution in [0.1, 0.15) is 50.7 Å². The van der Waals surface area contributed by atoms with Gasteiger partial charge < -0.3 is 20.3 Å². The normalized spacial score (nSPS) is 15.2. The highest BCUT2D eigenvalue weighted by Crippen LogP contribution is 2.38. The van der Waals surface area contributed by atoms with Crippen LogP contribution in [0.4, 0.5) is 23.1 Å². The van der Waals surface area contributed by atoms with Crippen LogP contribution in [0.2, 0.25) is 5.02 Å². The molecule has 2 N–H and O–H groups in total. The number of anilines is 4. The maximum atomic E-state index is 12.8. The van der Waals surface area contributed by atoms with E-state index in [9.17, 15) is 8.42 Å². The molecule has 12 heteroatoms. The summed E-state index contributed by atoms with van der Waals surface area (Å²) in [6.45, 7) is 9.98. The number of hydrogen-bond donors (Lipinski definition) is 2. The Morgan fingerprint density at radius 1 is 1.16 bits per heavy atom. The Morgan fingerprint density at radius 3 is 2.53 bits per heavy atom. The minimum absolute atomic E-state index is 0.0575. The van der Waals surface area contributed by atoms with Gasteiger partial charge in [0.15, 0.2) is 5.82 Å². The van der Waals surface area contributed by atoms with Crippen LogP contribution in [0.15, 0.2) is 29.6 Å². The van der Waals surface area contributed by atoms with E-state index in [2.05, 4.69) is 56.7 Å². The Kier molecular flexibility index (Phi) is 8.49. The Hall–Kier alpha value is -2.89. The summed E-state index contributed by atoms with van der Waals surface area (Å²) in [6.07, 6.45) is 5.28. The van der Waals surface area contributed by atoms with E-state index >= 15 is 0 Å². The third-order valence-electron chi connectivity index (χ3n) is 6.76. The zero-order valence-corrected chi connectivity index (χ0v) is 24.3. The monoisotopic (exact) mass is 561 g/mol. The lowest BCUT2D eigenvalue weighted by molar-refractivity contribution is 0.254. The average Bonchev–Trinajstić information content (AvgIpc) is 3.24. The minimum atomic E-state index is -3.63. The van der Waals surface area contributed by atoms with Crippen molar-refractivity contribution in [1.82, 2.24) is 24.6 Å². The lowest BCUT2D eigenvalue weighted by Gasteiger charge is -2.30. The van der Waals surface area contributed by atoms with Gasteiger partial charge in [0.05, 0.1) is 29.4 Å². The van der Waals surface area contributed by atoms with Crippen molar-refractivity contribution in [1.29, 1.82) is 0 Å². The summed E-state index contributed by atoms with van der Waals surface area (Å²) < 4.78 is 33.1. The van der Waals surface area contributed by atoms with Gasteiger partial charge in [-0.15, -0.1) is 0 Å². The van der Waals surface area contributed by atoms with Crippen LogP contribution >= 0.6 is 11.6 Å². The van der Waals surface area contributed by atoms with Gasteiger partial charge in [-0.25, -0.2) is 13.4 Å². The predicted molar refractivity (Wildman–Crippen MR) is 151 cm³/mol. The summed E-state index contributed by atoms with van der Waals surface area (Å²) in [5.41, 5.74) is 3.53. The van der Waals surface area contributed by atoms with E-state index in [1.54, 1.807) is 27.1 Å². The lowest BCUT2D eigenvalue weighted by atomic mass is 9.86. The first kappa shape index (κ1) is 28.1. The largest absolute Gasteiger partial charge is 0.492 e. The van der Waals surface area contributed by atoms with Crippen LogP contribution in [0.5, 0.6) is 5.75 Å². The smallest absolute Gasteiger partial charge is 0.229 e. The van der Waals surface area contributed by atoms with E-state index in [0.717, 1.165) is 37.4 Å². The minimum Gasteiger partial charge on any atom is -0.492 e. The Bertz CT molecular complexity index is 1400. The first-order valence-corrected chi connectivity index (χ1v) is 14.7. The highest BCUT2D eigenvalue weighted by molar-refractivity contribution is 7.92. The molecule has 0 saturated carbocycles. The number of aromatic nitrogens is 4. The molecular weight excluding hydrogens is 526 g/mol. The molecule has 0 radical (unpaired) electrons. The average molecular weight is 562 g/mol. The fourth-order valence-corrected chi connectivity index (χ4v) is 5.82. The molecule has 1 aromatic carbocycles. The number of nitrogens with one attached hydrogen (secondary N) is 2. The van der Waals surface area contributed by atoms with Crippen molar-refractivity contribution in [3.05, 3.63) is 40.7 Å². The number of sulfone groups is 1. The Morgan fingerprint density at radius 2 is 1.87 bits per heavy atom. The van der Waals surface area contributed by atoms with E-state index in [0.29, 0.717) is 24.2 Å². The number of likely N-dealkylation sites (tertiary alicyclic amines) is 1. The summed E-state index contributed by atoms with van der Waals surface area (Å²) in [5, 5.41) is 10.0. The van der Waals surface area contributed by atoms with Gasteiger partial charge in [-0.3, -0.25) is 4.68 Å². The fraction of sp³-hybridized carbons (Fsp3) is 0.500. The summed E-state index contributed by atoms with van der Waals surface area (Å²) in [7, 11) is 0.193. The molecule has 1 fully saturated rings. The third-order valence-corrected chi connectivity index (χ3v) is 9.11. The van der Waals surface area contributed by atoms with E-state index in [1.165, 1.54) is 22.0 Å². The molecular formula is C26H36ClN7O3S. The third kappa shape index (κ3) is 6.05. The maximum Gasteiger partial charge on any atom is 0.229 e. The molecule has 1 aliphatic rings. The summed E-state index contributed by atoms with van der Waals surface area (Å²) in [4.78, 5) is 11.2. The number of piperidine rings is 1. The topological polar surface area (TPSA) is 114 Å². The second kappa shape index (κ2) is 11.5. The molecule has 0 aliphatic carbocycles. The molecule has 0 spiro atoms. The van der Waals surface area contributed by atoms with E-state index in [1.807, 2.05) is 6.92 Å². The number of benzene rings is 1. The molecule has 3 aromatic rings. The Labute approximate surface area is 229 Å². The van der Waals surface area contributed by atoms with Crippen molar-refractivity contribution in [3.63, 3.8) is 0 Å². The van der Waals surface area contributed by atoms with Crippen molar-refractivity contribution in [2.24, 2.45) is 7.05 Å². The number of aryl methyl sites for hydroxylation is 2. The van der Waals surface area contributed by atoms with Crippen molar-refractivity contribution in [3.8, 4) is 5.75 Å². The van der Waals surface area contributed by atoms with Crippen LogP contribution < -0.4 is 15.4 Å². The number of nitrogens with zero attached hydrogens (tertiary/aromatic N) is 5. The molecule has 3 heterocycles. The van der Waals surface area contributed by atoms with Gasteiger partial charge in [0.1, 0.15) is 10.8 Å². The van der Waals surface area contributed by atoms with Crippen LogP contribution in [-0.4, -0.2) is 65.1 Å². The molecule has 38 heavy (non-hydrogen) atoms. The van der Waals surface area contributed by atoms with Crippen molar-refractivity contribution in [2.45, 2.75) is 56.7 Å². The fourth-order valence-electron chi connectivity index (χ4n) is 4.59. The molecule has 0 bridgehead atoms. The van der Waals surface area contributed by atoms with Gasteiger partial charge in [-0.2, -0.15) is 10.1 Å². The Balaban J connectivity index is 1.63. The molecule has 2 aromatic heterocycles. The van der Waals surface area contributed by atoms with Gasteiger partial charge in [0.2, 0.25) is 20.8 Å². The zero-order chi connectivity index (χ0) is 27.6. The zero-order valence-electron chi connectivity index (χ0n) is 22.7. The van der Waals surface area contributed by atoms with Crippen molar-refractivity contribution >= 4 is 44.6 Å². The molecule has 0 unspecified atom stereocenters. The van der Waals surface area contributed by atoms with Gasteiger partial charge in [-0.1, -0.05) is 11.6 Å². The maximum absolute atomic E-state index is 12.8. The van der Waals surface area contributed by atoms with Gasteiger partial charge in [-0.05, 0) is 89.9 Å². The van der Waals surface area contributed by atoms with Gasteiger partial charge >= 0.3 is 0 Å². The molecule has 4 rings (SSSR count). The first-order valence-electron chi connectivity index (χ1n) is 12.8. The van der Waals surface area contributed by atoms with Crippen molar-refractivity contribution < 1.29 is 13.2 Å². The lowest BCUT2D eigenvalue weighted by Crippen LogP contribution is -2.29. The molecule has 0 atom stereocenters. The first-order chi connectivity index (χ1) is 18.0. The molecule has 1 aliphatic heterocycles. The number of halogens is 1. The molecule has 10 nitrogen and oxygen atoms in total. The SMILES string of the molecule is CCOc1cc(C2CCN(C)CC2)c(C)cc1Nc1ncc(Cl)c(Nc2cn(C)nc2S(=O)(=O)C(C)C)n1. The van der Waals surface area contributed by atoms with E-state index in [4.69, 9.17) is 16.3 Å². The van der Waals surface area contributed by atoms with Gasteiger partial charge in [0.25, 0.3) is 0 Å². The number of hydrogen-bond acceptors (Lipinski definition) is 9. The number of ether oxygens (including phenoxy) is 1. The van der Waals surface area contributed by atoms with E-state index in [-0.39, 0.29) is 15.9 Å². The summed E-state index contributed by atoms with van der Waals surface area (Å²) >= 11 is 6.39. The second-order valence-corrected chi connectivity index (χ2v) is 12.8. The summed E-state index contributed by atoms with van der Waals surface area (Å²) in [6, 6.07) is 4.20. The number of rotatable bonds is 9. The van der Waals surface area contributed by atoms with Crippen LogP contribution in [0.25, 0.3) is 0 Å². The predicted octanol–water partition coefficient (Wildman–Crippen LogP) is 5.05. The highest BCUT2D eigenvalue weighted by atomic mass is 35.5. The van der Waals surface area contributed by atoms with E-state index < -0.39 is 15.1 Å². The van der Waals surface area contributed by atoms with Gasteiger partial charge in [0, 0.05) is 13.2 Å². The van der Waals surface area contributed by atoms with Crippen molar-refractivity contribution in [2.75, 3.05) is 37.4 Å². The summed E-state index contributed by atoms with van der Waals surface area (Å²) in [5.74, 6) is 1.78. The second-order valence-electron chi connectivity index (χ2n) is 9.97. The molecule has 0 amide bonds. The molecule has 1 saturated heterocycles. The van der Waals surface area contributed by atoms with Crippen LogP contribution in [-0.2, 0) is 16.9 Å². The highest BCUT2D eigenvalue weighted by Gasteiger charge is 2.27. The standard InChI is InChI=1S/C26H36ClN7O3S/c1-7-37-23-13-19(18-8-10-33(5)11-9-18)17(4)12-21(23)30-26-28-14-20(27)24(31-26)29-22-15-34(6)32-25(22)38(35,36)16(2)3/h12-16,18H,7-11H2,1-6H3,(H2,28,29,30,31). The van der Waals surface area contributed by atoms with Crippen LogP contribution in [0.3, 0.4) is 0 Å². The van der Waals surface area contributed by atoms with Crippen LogP contribution in [0, 0.1) is 6.92 Å².